The van der Waals surface area contributed by atoms with Crippen LogP contribution >= 0.6 is 11.3 Å². The summed E-state index contributed by atoms with van der Waals surface area (Å²) in [6.45, 7) is 4.87. The number of aryl methyl sites for hydroxylation is 1. The van der Waals surface area contributed by atoms with E-state index in [1.807, 2.05) is 25.3 Å². The Balaban J connectivity index is 1.90. The van der Waals surface area contributed by atoms with E-state index in [4.69, 9.17) is 4.74 Å². The molecule has 0 bridgehead atoms. The van der Waals surface area contributed by atoms with Crippen molar-refractivity contribution in [2.45, 2.75) is 58.1 Å². The van der Waals surface area contributed by atoms with Crippen molar-refractivity contribution in [1.29, 1.82) is 0 Å². The number of quaternary nitrogens is 1. The molecule has 1 atom stereocenters. The van der Waals surface area contributed by atoms with Crippen molar-refractivity contribution in [2.75, 3.05) is 20.6 Å². The number of rotatable bonds is 5. The highest BCUT2D eigenvalue weighted by Crippen LogP contribution is 2.26. The van der Waals surface area contributed by atoms with Gasteiger partial charge in [-0.3, -0.25) is 0 Å². The molecular weight excluding hydrogens is 282 g/mol. The van der Waals surface area contributed by atoms with Gasteiger partial charge in [-0.25, -0.2) is 4.79 Å². The molecule has 0 aromatic carbocycles. The first kappa shape index (κ1) is 16.5. The SMILES string of the molecule is Cc1ccsc1C(=O)OC(C)C[N+](C)(C)C1CCCCC1. The summed E-state index contributed by atoms with van der Waals surface area (Å²) < 4.78 is 6.61. The fourth-order valence-electron chi connectivity index (χ4n) is 3.45. The van der Waals surface area contributed by atoms with E-state index >= 15 is 0 Å². The second-order valence-corrected chi connectivity index (χ2v) is 7.82. The van der Waals surface area contributed by atoms with Gasteiger partial charge in [-0.1, -0.05) is 6.42 Å². The van der Waals surface area contributed by atoms with Crippen LogP contribution in [0.2, 0.25) is 0 Å². The number of hydrogen-bond acceptors (Lipinski definition) is 3. The molecule has 21 heavy (non-hydrogen) atoms. The molecule has 1 saturated carbocycles. The molecular formula is C17H28NO2S+. The fourth-order valence-corrected chi connectivity index (χ4v) is 4.25. The Bertz CT molecular complexity index is 475. The Morgan fingerprint density at radius 1 is 1.38 bits per heavy atom. The molecule has 118 valence electrons. The molecule has 3 nitrogen and oxygen atoms in total. The highest BCUT2D eigenvalue weighted by molar-refractivity contribution is 7.12. The zero-order valence-electron chi connectivity index (χ0n) is 13.7. The molecule has 1 aliphatic rings. The highest BCUT2D eigenvalue weighted by atomic mass is 32.1. The van der Waals surface area contributed by atoms with Crippen LogP contribution in [0.4, 0.5) is 0 Å². The summed E-state index contributed by atoms with van der Waals surface area (Å²) in [6, 6.07) is 2.68. The smallest absolute Gasteiger partial charge is 0.349 e. The third-order valence-corrected chi connectivity index (χ3v) is 5.64. The summed E-state index contributed by atoms with van der Waals surface area (Å²) in [5.74, 6) is -0.168. The van der Waals surface area contributed by atoms with Crippen LogP contribution in [-0.2, 0) is 4.74 Å². The van der Waals surface area contributed by atoms with Gasteiger partial charge >= 0.3 is 5.97 Å². The third-order valence-electron chi connectivity index (χ3n) is 4.65. The third kappa shape index (κ3) is 4.30. The quantitative estimate of drug-likeness (QED) is 0.607. The van der Waals surface area contributed by atoms with Crippen LogP contribution in [0.5, 0.6) is 0 Å². The van der Waals surface area contributed by atoms with Gasteiger partial charge in [-0.15, -0.1) is 11.3 Å². The van der Waals surface area contributed by atoms with E-state index in [0.29, 0.717) is 6.04 Å². The average molecular weight is 310 g/mol. The molecule has 1 unspecified atom stereocenters. The number of likely N-dealkylation sites (N-methyl/N-ethyl adjacent to an activating group) is 1. The molecule has 0 saturated heterocycles. The van der Waals surface area contributed by atoms with Crippen LogP contribution in [0, 0.1) is 6.92 Å². The van der Waals surface area contributed by atoms with Gasteiger partial charge in [0.1, 0.15) is 17.5 Å². The summed E-state index contributed by atoms with van der Waals surface area (Å²) in [7, 11) is 4.55. The molecule has 1 heterocycles. The van der Waals surface area contributed by atoms with E-state index in [9.17, 15) is 4.79 Å². The van der Waals surface area contributed by atoms with Crippen LogP contribution in [-0.4, -0.2) is 43.2 Å². The van der Waals surface area contributed by atoms with Crippen molar-refractivity contribution < 1.29 is 14.0 Å². The molecule has 0 spiro atoms. The van der Waals surface area contributed by atoms with E-state index in [0.717, 1.165) is 21.5 Å². The van der Waals surface area contributed by atoms with Gasteiger partial charge in [-0.05, 0) is 56.5 Å². The first-order valence-corrected chi connectivity index (χ1v) is 8.86. The van der Waals surface area contributed by atoms with Gasteiger partial charge in [0.05, 0.1) is 20.1 Å². The van der Waals surface area contributed by atoms with Crippen molar-refractivity contribution in [3.63, 3.8) is 0 Å². The topological polar surface area (TPSA) is 26.3 Å². The molecule has 0 amide bonds. The summed E-state index contributed by atoms with van der Waals surface area (Å²) >= 11 is 1.47. The first-order chi connectivity index (χ1) is 9.90. The number of thiophene rings is 1. The Morgan fingerprint density at radius 3 is 2.62 bits per heavy atom. The van der Waals surface area contributed by atoms with Crippen molar-refractivity contribution in [3.05, 3.63) is 21.9 Å². The van der Waals surface area contributed by atoms with Crippen LogP contribution < -0.4 is 0 Å². The molecule has 1 aromatic heterocycles. The van der Waals surface area contributed by atoms with E-state index in [1.165, 1.54) is 43.4 Å². The normalized spacial score (nSPS) is 18.5. The zero-order valence-corrected chi connectivity index (χ0v) is 14.5. The van der Waals surface area contributed by atoms with Crippen LogP contribution in [0.25, 0.3) is 0 Å². The predicted octanol–water partition coefficient (Wildman–Crippen LogP) is 4.01. The fraction of sp³-hybridized carbons (Fsp3) is 0.706. The largest absolute Gasteiger partial charge is 0.452 e. The number of ether oxygens (including phenoxy) is 1. The van der Waals surface area contributed by atoms with Crippen molar-refractivity contribution in [2.24, 2.45) is 0 Å². The predicted molar refractivity (Wildman–Crippen MR) is 87.8 cm³/mol. The maximum Gasteiger partial charge on any atom is 0.349 e. The Kier molecular flexibility index (Phi) is 5.44. The standard InChI is InChI=1S/C17H28NO2S/c1-13-10-11-21-16(13)17(19)20-14(2)12-18(3,4)15-8-6-5-7-9-15/h10-11,14-15H,5-9,12H2,1-4H3/q+1. The van der Waals surface area contributed by atoms with Crippen molar-refractivity contribution >= 4 is 17.3 Å². The minimum absolute atomic E-state index is 0.0454. The van der Waals surface area contributed by atoms with Crippen molar-refractivity contribution in [1.82, 2.24) is 0 Å². The lowest BCUT2D eigenvalue weighted by Gasteiger charge is -2.41. The molecule has 0 aliphatic heterocycles. The summed E-state index contributed by atoms with van der Waals surface area (Å²) in [5.41, 5.74) is 1.01. The molecule has 1 fully saturated rings. The lowest BCUT2D eigenvalue weighted by molar-refractivity contribution is -0.918. The summed E-state index contributed by atoms with van der Waals surface area (Å²) in [5, 5.41) is 1.94. The van der Waals surface area contributed by atoms with E-state index in [-0.39, 0.29) is 12.1 Å². The van der Waals surface area contributed by atoms with Crippen LogP contribution in [0.3, 0.4) is 0 Å². The van der Waals surface area contributed by atoms with Gasteiger partial charge in [0.15, 0.2) is 0 Å². The number of nitrogens with zero attached hydrogens (tertiary/aromatic N) is 1. The van der Waals surface area contributed by atoms with E-state index in [2.05, 4.69) is 14.1 Å². The molecule has 1 aromatic rings. The van der Waals surface area contributed by atoms with Crippen molar-refractivity contribution in [3.8, 4) is 0 Å². The van der Waals surface area contributed by atoms with Crippen LogP contribution in [0.15, 0.2) is 11.4 Å². The average Bonchev–Trinajstić information content (AvgIpc) is 2.85. The second-order valence-electron chi connectivity index (χ2n) is 6.90. The molecule has 0 N–H and O–H groups in total. The Hall–Kier alpha value is -0.870. The number of esters is 1. The van der Waals surface area contributed by atoms with Gasteiger partial charge in [0.2, 0.25) is 0 Å². The van der Waals surface area contributed by atoms with Gasteiger partial charge in [-0.2, -0.15) is 0 Å². The summed E-state index contributed by atoms with van der Waals surface area (Å²) in [4.78, 5) is 12.9. The molecule has 1 aliphatic carbocycles. The maximum absolute atomic E-state index is 12.2. The second kappa shape index (κ2) is 6.93. The van der Waals surface area contributed by atoms with E-state index in [1.54, 1.807) is 0 Å². The van der Waals surface area contributed by atoms with Crippen LogP contribution in [0.1, 0.15) is 54.3 Å². The number of carbonyl (C=O) groups excluding carboxylic acids is 1. The Morgan fingerprint density at radius 2 is 2.05 bits per heavy atom. The van der Waals surface area contributed by atoms with E-state index < -0.39 is 0 Å². The lowest BCUT2D eigenvalue weighted by Crippen LogP contribution is -2.53. The monoisotopic (exact) mass is 310 g/mol. The molecule has 2 rings (SSSR count). The van der Waals surface area contributed by atoms with Gasteiger partial charge in [0, 0.05) is 0 Å². The minimum atomic E-state index is -0.168. The minimum Gasteiger partial charge on any atom is -0.452 e. The van der Waals surface area contributed by atoms with Gasteiger partial charge in [0.25, 0.3) is 0 Å². The number of carbonyl (C=O) groups is 1. The highest BCUT2D eigenvalue weighted by Gasteiger charge is 2.32. The van der Waals surface area contributed by atoms with Gasteiger partial charge < -0.3 is 9.22 Å². The first-order valence-electron chi connectivity index (χ1n) is 7.98. The molecule has 4 heteroatoms. The summed E-state index contributed by atoms with van der Waals surface area (Å²) in [6.07, 6.45) is 6.62. The number of hydrogen-bond donors (Lipinski definition) is 0. The Labute approximate surface area is 132 Å². The maximum atomic E-state index is 12.2. The lowest BCUT2D eigenvalue weighted by atomic mass is 9.93. The molecule has 0 radical (unpaired) electrons. The zero-order chi connectivity index (χ0) is 15.5.